The number of nitrogens with one attached hydrogen (secondary N) is 1. The molecule has 2 heterocycles. The quantitative estimate of drug-likeness (QED) is 0.399. The van der Waals surface area contributed by atoms with Crippen molar-refractivity contribution in [2.75, 3.05) is 11.9 Å². The van der Waals surface area contributed by atoms with Crippen LogP contribution in [0.2, 0.25) is 0 Å². The number of phenolic OH excluding ortho intramolecular Hbond substituents is 2. The molecule has 0 fully saturated rings. The Balaban J connectivity index is 1.39. The summed E-state index contributed by atoms with van der Waals surface area (Å²) in [7, 11) is 1.78. The number of benzene rings is 3. The number of carbonyl (C=O) groups is 2. The highest BCUT2D eigenvalue weighted by molar-refractivity contribution is 6.09. The van der Waals surface area contributed by atoms with Gasteiger partial charge in [-0.3, -0.25) is 9.59 Å². The Morgan fingerprint density at radius 1 is 1.06 bits per heavy atom. The number of fused-ring (bicyclic) bond motifs is 2. The first-order valence-electron chi connectivity index (χ1n) is 11.6. The fourth-order valence-corrected chi connectivity index (χ4v) is 4.79. The maximum atomic E-state index is 13.3. The molecular formula is C28H27N3O4. The van der Waals surface area contributed by atoms with Gasteiger partial charge < -0.3 is 25.0 Å². The van der Waals surface area contributed by atoms with E-state index in [0.29, 0.717) is 12.1 Å². The second-order valence-corrected chi connectivity index (χ2v) is 9.15. The third-order valence-corrected chi connectivity index (χ3v) is 6.63. The Morgan fingerprint density at radius 2 is 1.86 bits per heavy atom. The van der Waals surface area contributed by atoms with Gasteiger partial charge in [-0.2, -0.15) is 0 Å². The Bertz CT molecular complexity index is 1410. The summed E-state index contributed by atoms with van der Waals surface area (Å²) in [5.41, 5.74) is 4.34. The van der Waals surface area contributed by atoms with Crippen LogP contribution in [0.3, 0.4) is 0 Å². The molecule has 4 aromatic rings. The fourth-order valence-electron chi connectivity index (χ4n) is 4.79. The molecule has 0 unspecified atom stereocenters. The zero-order valence-corrected chi connectivity index (χ0v) is 19.7. The summed E-state index contributed by atoms with van der Waals surface area (Å²) in [6, 6.07) is 19.4. The SMILES string of the molecule is C[C@H]1CCc2cc(C(=O)N(C)Cc3cc4ccccc4[nH]3)ccc2N1C(=O)c1ccc(O)cc1O. The molecule has 2 amide bonds. The minimum absolute atomic E-state index is 0.0746. The van der Waals surface area contributed by atoms with Crippen molar-refractivity contribution in [3.8, 4) is 11.5 Å². The van der Waals surface area contributed by atoms with Gasteiger partial charge in [0, 0.05) is 41.6 Å². The van der Waals surface area contributed by atoms with E-state index >= 15 is 0 Å². The fraction of sp³-hybridized carbons (Fsp3) is 0.214. The number of amides is 2. The molecule has 1 aromatic heterocycles. The molecule has 5 rings (SSSR count). The largest absolute Gasteiger partial charge is 0.508 e. The van der Waals surface area contributed by atoms with E-state index in [0.717, 1.165) is 46.8 Å². The number of aromatic hydroxyl groups is 2. The number of H-pyrrole nitrogens is 1. The molecule has 0 bridgehead atoms. The van der Waals surface area contributed by atoms with Gasteiger partial charge >= 0.3 is 0 Å². The van der Waals surface area contributed by atoms with Crippen LogP contribution in [0.4, 0.5) is 5.69 Å². The maximum absolute atomic E-state index is 13.3. The first-order chi connectivity index (χ1) is 16.8. The zero-order valence-electron chi connectivity index (χ0n) is 19.7. The Morgan fingerprint density at radius 3 is 2.63 bits per heavy atom. The Labute approximate surface area is 203 Å². The maximum Gasteiger partial charge on any atom is 0.262 e. The summed E-state index contributed by atoms with van der Waals surface area (Å²) in [4.78, 5) is 33.2. The molecule has 3 N–H and O–H groups in total. The summed E-state index contributed by atoms with van der Waals surface area (Å²) in [6.45, 7) is 2.41. The van der Waals surface area contributed by atoms with Crippen LogP contribution in [0, 0.1) is 0 Å². The van der Waals surface area contributed by atoms with Gasteiger partial charge in [0.2, 0.25) is 0 Å². The van der Waals surface area contributed by atoms with Gasteiger partial charge in [-0.05, 0) is 73.2 Å². The van der Waals surface area contributed by atoms with Crippen molar-refractivity contribution in [2.24, 2.45) is 0 Å². The number of rotatable bonds is 4. The lowest BCUT2D eigenvalue weighted by atomic mass is 9.93. The average molecular weight is 470 g/mol. The van der Waals surface area contributed by atoms with Gasteiger partial charge in [0.25, 0.3) is 11.8 Å². The zero-order chi connectivity index (χ0) is 24.7. The molecule has 7 nitrogen and oxygen atoms in total. The van der Waals surface area contributed by atoms with Crippen molar-refractivity contribution in [3.63, 3.8) is 0 Å². The van der Waals surface area contributed by atoms with Crippen LogP contribution in [-0.2, 0) is 13.0 Å². The number of nitrogens with zero attached hydrogens (tertiary/aromatic N) is 2. The highest BCUT2D eigenvalue weighted by atomic mass is 16.3. The number of aromatic nitrogens is 1. The van der Waals surface area contributed by atoms with E-state index in [2.05, 4.69) is 11.1 Å². The van der Waals surface area contributed by atoms with Gasteiger partial charge in [0.1, 0.15) is 11.5 Å². The van der Waals surface area contributed by atoms with Gasteiger partial charge in [0.15, 0.2) is 0 Å². The van der Waals surface area contributed by atoms with Crippen molar-refractivity contribution in [2.45, 2.75) is 32.4 Å². The molecule has 0 aliphatic carbocycles. The first kappa shape index (κ1) is 22.5. The monoisotopic (exact) mass is 469 g/mol. The van der Waals surface area contributed by atoms with Crippen LogP contribution in [0.5, 0.6) is 11.5 Å². The van der Waals surface area contributed by atoms with E-state index in [1.54, 1.807) is 22.9 Å². The number of hydrogen-bond donors (Lipinski definition) is 3. The number of carbonyl (C=O) groups excluding carboxylic acids is 2. The van der Waals surface area contributed by atoms with Crippen molar-refractivity contribution in [3.05, 3.63) is 89.1 Å². The summed E-state index contributed by atoms with van der Waals surface area (Å²) < 4.78 is 0. The molecule has 1 aliphatic heterocycles. The summed E-state index contributed by atoms with van der Waals surface area (Å²) in [6.07, 6.45) is 1.48. The van der Waals surface area contributed by atoms with Crippen LogP contribution in [0.25, 0.3) is 10.9 Å². The molecule has 1 aliphatic rings. The molecule has 3 aromatic carbocycles. The standard InChI is InChI=1S/C28H27N3O4/c1-17-7-8-19-13-20(27(34)30(2)16-21-14-18-5-3-4-6-24(18)29-21)9-12-25(19)31(17)28(35)23-11-10-22(32)15-26(23)33/h3-6,9-15,17,29,32-33H,7-8,16H2,1-2H3/t17-/m0/s1. The van der Waals surface area contributed by atoms with E-state index in [1.165, 1.54) is 12.1 Å². The first-order valence-corrected chi connectivity index (χ1v) is 11.6. The lowest BCUT2D eigenvalue weighted by Crippen LogP contribution is -2.42. The van der Waals surface area contributed by atoms with Gasteiger partial charge in [-0.15, -0.1) is 0 Å². The number of para-hydroxylation sites is 1. The smallest absolute Gasteiger partial charge is 0.262 e. The predicted octanol–water partition coefficient (Wildman–Crippen LogP) is 4.83. The third-order valence-electron chi connectivity index (χ3n) is 6.63. The van der Waals surface area contributed by atoms with Crippen molar-refractivity contribution in [1.82, 2.24) is 9.88 Å². The normalized spacial score (nSPS) is 15.1. The number of aryl methyl sites for hydroxylation is 1. The molecular weight excluding hydrogens is 442 g/mol. The van der Waals surface area contributed by atoms with Crippen LogP contribution >= 0.6 is 0 Å². The van der Waals surface area contributed by atoms with E-state index in [1.807, 2.05) is 43.3 Å². The minimum atomic E-state index is -0.342. The number of anilines is 1. The molecule has 7 heteroatoms. The molecule has 178 valence electrons. The van der Waals surface area contributed by atoms with Crippen LogP contribution in [0.15, 0.2) is 66.7 Å². The van der Waals surface area contributed by atoms with Crippen molar-refractivity contribution >= 4 is 28.4 Å². The van der Waals surface area contributed by atoms with Gasteiger partial charge in [-0.1, -0.05) is 18.2 Å². The van der Waals surface area contributed by atoms with Crippen LogP contribution in [0.1, 0.15) is 45.3 Å². The van der Waals surface area contributed by atoms with E-state index < -0.39 is 0 Å². The van der Waals surface area contributed by atoms with Gasteiger partial charge in [-0.25, -0.2) is 0 Å². The molecule has 0 radical (unpaired) electrons. The van der Waals surface area contributed by atoms with E-state index in [9.17, 15) is 19.8 Å². The molecule has 1 atom stereocenters. The number of phenols is 2. The Kier molecular flexibility index (Phi) is 5.68. The minimum Gasteiger partial charge on any atom is -0.508 e. The summed E-state index contributed by atoms with van der Waals surface area (Å²) >= 11 is 0. The highest BCUT2D eigenvalue weighted by Crippen LogP contribution is 2.35. The average Bonchev–Trinajstić information content (AvgIpc) is 3.25. The third kappa shape index (κ3) is 4.21. The Hall–Kier alpha value is -4.26. The predicted molar refractivity (Wildman–Crippen MR) is 135 cm³/mol. The number of hydrogen-bond acceptors (Lipinski definition) is 4. The second kappa shape index (κ2) is 8.83. The molecule has 35 heavy (non-hydrogen) atoms. The van der Waals surface area contributed by atoms with Crippen molar-refractivity contribution in [1.29, 1.82) is 0 Å². The van der Waals surface area contributed by atoms with E-state index in [-0.39, 0.29) is 34.9 Å². The molecule has 0 spiro atoms. The number of aromatic amines is 1. The van der Waals surface area contributed by atoms with Gasteiger partial charge in [0.05, 0.1) is 12.1 Å². The molecule has 0 saturated heterocycles. The summed E-state index contributed by atoms with van der Waals surface area (Å²) in [5, 5.41) is 20.9. The lowest BCUT2D eigenvalue weighted by Gasteiger charge is -2.35. The topological polar surface area (TPSA) is 96.9 Å². The molecule has 0 saturated carbocycles. The second-order valence-electron chi connectivity index (χ2n) is 9.15. The van der Waals surface area contributed by atoms with Crippen molar-refractivity contribution < 1.29 is 19.8 Å². The summed E-state index contributed by atoms with van der Waals surface area (Å²) in [5.74, 6) is -0.810. The van der Waals surface area contributed by atoms with E-state index in [4.69, 9.17) is 0 Å². The van der Waals surface area contributed by atoms with Crippen LogP contribution in [-0.4, -0.2) is 45.0 Å². The lowest BCUT2D eigenvalue weighted by molar-refractivity contribution is 0.0783. The van der Waals surface area contributed by atoms with Crippen LogP contribution < -0.4 is 4.90 Å². The highest BCUT2D eigenvalue weighted by Gasteiger charge is 2.31.